The van der Waals surface area contributed by atoms with E-state index < -0.39 is 14.9 Å². The first kappa shape index (κ1) is 22.3. The first-order valence-corrected chi connectivity index (χ1v) is 18.5. The summed E-state index contributed by atoms with van der Waals surface area (Å²) in [4.78, 5) is 0. The molecule has 5 heteroatoms. The Morgan fingerprint density at radius 1 is 0.960 bits per heavy atom. The van der Waals surface area contributed by atoms with E-state index in [0.29, 0.717) is 0 Å². The minimum Gasteiger partial charge on any atom is -0.147 e. The summed E-state index contributed by atoms with van der Waals surface area (Å²) in [5.41, 5.74) is 3.74. The summed E-state index contributed by atoms with van der Waals surface area (Å²) in [5.74, 6) is 1.04. The van der Waals surface area contributed by atoms with Crippen LogP contribution in [0.3, 0.4) is 0 Å². The Morgan fingerprint density at radius 3 is 2.24 bits per heavy atom. The van der Waals surface area contributed by atoms with Crippen molar-refractivity contribution in [3.63, 3.8) is 0 Å². The van der Waals surface area contributed by atoms with E-state index in [1.807, 2.05) is 0 Å². The second-order valence-electron chi connectivity index (χ2n) is 7.79. The summed E-state index contributed by atoms with van der Waals surface area (Å²) in [7, 11) is 1.11. The zero-order chi connectivity index (χ0) is 16.5. The van der Waals surface area contributed by atoms with Gasteiger partial charge in [0, 0.05) is 0 Å². The van der Waals surface area contributed by atoms with E-state index in [0.717, 1.165) is 20.3 Å². The maximum absolute atomic E-state index is 6.76. The van der Waals surface area contributed by atoms with Crippen molar-refractivity contribution in [3.05, 3.63) is 76.2 Å². The molecule has 0 amide bonds. The molecular weight excluding hydrogens is 403 g/mol. The number of hydrogen-bond donors (Lipinski definition) is 0. The van der Waals surface area contributed by atoms with E-state index in [2.05, 4.69) is 84.1 Å². The van der Waals surface area contributed by atoms with Crippen LogP contribution in [-0.4, -0.2) is 8.11 Å². The average Bonchev–Trinajstić information content (AvgIpc) is 3.02. The monoisotopic (exact) mass is 429 g/mol. The molecule has 0 bridgehead atoms. The summed E-state index contributed by atoms with van der Waals surface area (Å²) in [6.45, 7) is 2.15. The Kier molecular flexibility index (Phi) is 7.38. The molecule has 1 nitrogen and oxygen atoms in total. The zero-order valence-corrected chi connectivity index (χ0v) is 20.5. The second-order valence-corrected chi connectivity index (χ2v) is 30.4. The molecule has 0 heterocycles. The van der Waals surface area contributed by atoms with Crippen LogP contribution in [0.5, 0.6) is 5.75 Å². The number of benzene rings is 2. The van der Waals surface area contributed by atoms with E-state index in [1.165, 1.54) is 16.7 Å². The van der Waals surface area contributed by atoms with Gasteiger partial charge >= 0.3 is 143 Å². The van der Waals surface area contributed by atoms with Gasteiger partial charge in [-0.05, 0) is 0 Å². The molecular formula is C20H27Cl2OSiTi. The molecule has 2 aromatic carbocycles. The molecule has 1 aliphatic rings. The van der Waals surface area contributed by atoms with Crippen molar-refractivity contribution in [3.8, 4) is 16.9 Å². The van der Waals surface area contributed by atoms with Gasteiger partial charge in [-0.3, -0.25) is 0 Å². The summed E-state index contributed by atoms with van der Waals surface area (Å²) in [6.07, 6.45) is 7.79. The van der Waals surface area contributed by atoms with Crippen molar-refractivity contribution in [2.24, 2.45) is 0 Å². The zero-order valence-electron chi connectivity index (χ0n) is 15.3. The van der Waals surface area contributed by atoms with Crippen LogP contribution in [0.2, 0.25) is 10.5 Å². The SMILES string of the molecule is Cc1cc([O][Ti]([CH3])([CH3])([SiH3])[C]2=CC=CC2)cc(-c2ccccc2)c1.Cl.Cl. The molecule has 0 N–H and O–H groups in total. The molecule has 1 aliphatic carbocycles. The molecule has 0 atom stereocenters. The quantitative estimate of drug-likeness (QED) is 0.565. The van der Waals surface area contributed by atoms with Gasteiger partial charge in [-0.15, -0.1) is 24.8 Å². The third-order valence-corrected chi connectivity index (χ3v) is 13.5. The summed E-state index contributed by atoms with van der Waals surface area (Å²) in [6, 6.07) is 17.2. The maximum atomic E-state index is 6.76. The molecule has 3 rings (SSSR count). The van der Waals surface area contributed by atoms with Gasteiger partial charge in [0.05, 0.1) is 0 Å². The number of aryl methyl sites for hydroxylation is 1. The molecule has 2 aromatic rings. The predicted molar refractivity (Wildman–Crippen MR) is 115 cm³/mol. The first-order valence-electron chi connectivity index (χ1n) is 8.27. The van der Waals surface area contributed by atoms with E-state index in [-0.39, 0.29) is 24.8 Å². The van der Waals surface area contributed by atoms with Crippen molar-refractivity contribution in [1.82, 2.24) is 0 Å². The summed E-state index contributed by atoms with van der Waals surface area (Å²) in [5, 5.41) is 4.82. The van der Waals surface area contributed by atoms with Crippen LogP contribution in [0.15, 0.2) is 70.6 Å². The number of hydrogen-bond acceptors (Lipinski definition) is 1. The molecule has 0 spiro atoms. The van der Waals surface area contributed by atoms with Crippen LogP contribution in [0.4, 0.5) is 0 Å². The maximum Gasteiger partial charge on any atom is -0.147 e. The topological polar surface area (TPSA) is 9.23 Å². The van der Waals surface area contributed by atoms with Gasteiger partial charge in [0.25, 0.3) is 0 Å². The van der Waals surface area contributed by atoms with Gasteiger partial charge in [0.15, 0.2) is 0 Å². The molecule has 0 saturated heterocycles. The molecule has 0 saturated carbocycles. The Bertz CT molecular complexity index is 792. The van der Waals surface area contributed by atoms with Crippen molar-refractivity contribution in [2.75, 3.05) is 0 Å². The Hall–Kier alpha value is -0.769. The normalized spacial score (nSPS) is 14.7. The second kappa shape index (κ2) is 8.28. The van der Waals surface area contributed by atoms with Gasteiger partial charge in [-0.25, -0.2) is 0 Å². The van der Waals surface area contributed by atoms with Gasteiger partial charge in [0.2, 0.25) is 0 Å². The van der Waals surface area contributed by atoms with E-state index in [4.69, 9.17) is 3.32 Å². The molecule has 0 unspecified atom stereocenters. The summed E-state index contributed by atoms with van der Waals surface area (Å²) >= 11 is -2.95. The summed E-state index contributed by atoms with van der Waals surface area (Å²) < 4.78 is 8.31. The Morgan fingerprint density at radius 2 is 1.64 bits per heavy atom. The Balaban J connectivity index is 0.00000156. The van der Waals surface area contributed by atoms with Gasteiger partial charge in [0.1, 0.15) is 0 Å². The van der Waals surface area contributed by atoms with Crippen molar-refractivity contribution in [1.29, 1.82) is 0 Å². The number of allylic oxidation sites excluding steroid dienone is 4. The third-order valence-electron chi connectivity index (χ3n) is 4.50. The first-order chi connectivity index (χ1) is 10.8. The van der Waals surface area contributed by atoms with E-state index in [9.17, 15) is 0 Å². The fourth-order valence-corrected chi connectivity index (χ4v) is 9.65. The van der Waals surface area contributed by atoms with Crippen molar-refractivity contribution >= 4 is 32.9 Å². The average molecular weight is 430 g/mol. The molecule has 0 fully saturated rings. The van der Waals surface area contributed by atoms with Crippen LogP contribution < -0.4 is 3.32 Å². The predicted octanol–water partition coefficient (Wildman–Crippen LogP) is 5.71. The van der Waals surface area contributed by atoms with Crippen LogP contribution in [0.1, 0.15) is 12.0 Å². The Labute approximate surface area is 167 Å². The molecule has 25 heavy (non-hydrogen) atoms. The van der Waals surface area contributed by atoms with Crippen LogP contribution in [0, 0.1) is 6.92 Å². The van der Waals surface area contributed by atoms with Crippen molar-refractivity contribution in [2.45, 2.75) is 23.8 Å². The largest absolute Gasteiger partial charge is 0.147 e. The van der Waals surface area contributed by atoms with Gasteiger partial charge in [-0.1, -0.05) is 0 Å². The third kappa shape index (κ3) is 5.35. The van der Waals surface area contributed by atoms with Crippen molar-refractivity contribution < 1.29 is 18.3 Å². The number of halogens is 2. The van der Waals surface area contributed by atoms with E-state index in [1.54, 1.807) is 3.88 Å². The fourth-order valence-electron chi connectivity index (χ4n) is 3.16. The van der Waals surface area contributed by atoms with Gasteiger partial charge in [-0.2, -0.15) is 0 Å². The van der Waals surface area contributed by atoms with Gasteiger partial charge < -0.3 is 0 Å². The molecule has 0 aliphatic heterocycles. The minimum atomic E-state index is -2.95. The standard InChI is InChI=1S/C13H12O.C5H5.2CH3.2ClH.H3Si.Ti/c1-10-7-12(9-13(14)8-10)11-5-3-2-4-6-11;1-2-4-5-3-1;;;;;;/h2-9,14H,1H3;1-3H,4H2;2*1H3;2*1H;1H3;/q;;;;;;;+1/p-1. The minimum absolute atomic E-state index is 0. The number of rotatable bonds is 4. The van der Waals surface area contributed by atoms with Crippen LogP contribution in [-0.2, 0) is 14.9 Å². The van der Waals surface area contributed by atoms with E-state index >= 15 is 0 Å². The van der Waals surface area contributed by atoms with Crippen LogP contribution in [0.25, 0.3) is 11.1 Å². The molecule has 0 radical (unpaired) electrons. The van der Waals surface area contributed by atoms with Crippen LogP contribution >= 0.6 is 24.8 Å². The molecule has 135 valence electrons. The molecule has 0 aromatic heterocycles. The smallest absolute Gasteiger partial charge is 0.147 e. The fraction of sp³-hybridized carbons (Fsp3) is 0.200.